The molecule has 0 unspecified atom stereocenters. The molecule has 0 atom stereocenters. The highest BCUT2D eigenvalue weighted by atomic mass is 15.1. The van der Waals surface area contributed by atoms with E-state index in [1.165, 1.54) is 38.5 Å². The minimum absolute atomic E-state index is 0.629. The van der Waals surface area contributed by atoms with Gasteiger partial charge in [0.05, 0.1) is 0 Å². The summed E-state index contributed by atoms with van der Waals surface area (Å²) < 4.78 is 0. The van der Waals surface area contributed by atoms with Crippen LogP contribution in [-0.2, 0) is 0 Å². The molecule has 1 aromatic rings. The van der Waals surface area contributed by atoms with Crippen molar-refractivity contribution in [3.05, 3.63) is 23.5 Å². The highest BCUT2D eigenvalue weighted by Crippen LogP contribution is 2.25. The third-order valence-electron chi connectivity index (χ3n) is 3.90. The molecule has 4 heteroatoms. The summed E-state index contributed by atoms with van der Waals surface area (Å²) in [6.07, 6.45) is 11.3. The third-order valence-corrected chi connectivity index (χ3v) is 3.90. The fourth-order valence-electron chi connectivity index (χ4n) is 2.65. The first kappa shape index (κ1) is 13.4. The first-order valence-corrected chi connectivity index (χ1v) is 7.83. The maximum Gasteiger partial charge on any atom is 0.132 e. The Balaban J connectivity index is 1.53. The van der Waals surface area contributed by atoms with Gasteiger partial charge < -0.3 is 10.6 Å². The van der Waals surface area contributed by atoms with Crippen molar-refractivity contribution in [1.82, 2.24) is 9.97 Å². The zero-order chi connectivity index (χ0) is 13.8. The van der Waals surface area contributed by atoms with E-state index in [4.69, 9.17) is 0 Å². The van der Waals surface area contributed by atoms with Gasteiger partial charge in [0.2, 0.25) is 0 Å². The number of nitrogens with zero attached hydrogens (tertiary/aromatic N) is 2. The number of aromatic nitrogens is 2. The molecule has 2 aliphatic carbocycles. The van der Waals surface area contributed by atoms with E-state index >= 15 is 0 Å². The quantitative estimate of drug-likeness (QED) is 0.776. The van der Waals surface area contributed by atoms with Gasteiger partial charge >= 0.3 is 0 Å². The van der Waals surface area contributed by atoms with Crippen molar-refractivity contribution in [3.8, 4) is 0 Å². The van der Waals surface area contributed by atoms with Crippen LogP contribution in [0.15, 0.2) is 17.7 Å². The van der Waals surface area contributed by atoms with Gasteiger partial charge in [-0.15, -0.1) is 0 Å². The van der Waals surface area contributed by atoms with Crippen LogP contribution < -0.4 is 10.6 Å². The van der Waals surface area contributed by atoms with E-state index in [1.54, 1.807) is 5.57 Å². The topological polar surface area (TPSA) is 49.8 Å². The molecule has 0 bridgehead atoms. The SMILES string of the molecule is Cc1nc(NCCC2=CCCCC2)cc(NC2CC2)n1. The first-order valence-electron chi connectivity index (χ1n) is 7.83. The van der Waals surface area contributed by atoms with Crippen molar-refractivity contribution < 1.29 is 0 Å². The molecule has 1 aromatic heterocycles. The number of hydrogen-bond donors (Lipinski definition) is 2. The van der Waals surface area contributed by atoms with Crippen LogP contribution in [-0.4, -0.2) is 22.6 Å². The Hall–Kier alpha value is -1.58. The molecule has 1 saturated carbocycles. The summed E-state index contributed by atoms with van der Waals surface area (Å²) >= 11 is 0. The molecule has 1 fully saturated rings. The summed E-state index contributed by atoms with van der Waals surface area (Å²) in [4.78, 5) is 8.90. The lowest BCUT2D eigenvalue weighted by atomic mass is 9.97. The Kier molecular flexibility index (Phi) is 4.19. The van der Waals surface area contributed by atoms with Crippen LogP contribution in [0.4, 0.5) is 11.6 Å². The Morgan fingerprint density at radius 2 is 2.05 bits per heavy atom. The molecule has 0 spiro atoms. The molecule has 2 N–H and O–H groups in total. The lowest BCUT2D eigenvalue weighted by molar-refractivity contribution is 0.679. The molecule has 108 valence electrons. The van der Waals surface area contributed by atoms with Crippen molar-refractivity contribution in [2.45, 2.75) is 57.9 Å². The summed E-state index contributed by atoms with van der Waals surface area (Å²) in [5, 5.41) is 6.87. The van der Waals surface area contributed by atoms with Gasteiger partial charge in [-0.25, -0.2) is 9.97 Å². The van der Waals surface area contributed by atoms with E-state index in [0.29, 0.717) is 6.04 Å². The van der Waals surface area contributed by atoms with Crippen LogP contribution in [0.2, 0.25) is 0 Å². The Labute approximate surface area is 121 Å². The largest absolute Gasteiger partial charge is 0.370 e. The van der Waals surface area contributed by atoms with Gasteiger partial charge in [-0.3, -0.25) is 0 Å². The van der Waals surface area contributed by atoms with Crippen LogP contribution in [0.5, 0.6) is 0 Å². The Morgan fingerprint density at radius 3 is 2.80 bits per heavy atom. The number of aryl methyl sites for hydroxylation is 1. The molecule has 1 heterocycles. The van der Waals surface area contributed by atoms with Gasteiger partial charge in [-0.05, 0) is 51.9 Å². The van der Waals surface area contributed by atoms with Gasteiger partial charge in [0.15, 0.2) is 0 Å². The molecular weight excluding hydrogens is 248 g/mol. The van der Waals surface area contributed by atoms with Crippen molar-refractivity contribution in [2.24, 2.45) is 0 Å². The summed E-state index contributed by atoms with van der Waals surface area (Å²) in [7, 11) is 0. The number of rotatable bonds is 6. The fourth-order valence-corrected chi connectivity index (χ4v) is 2.65. The summed E-state index contributed by atoms with van der Waals surface area (Å²) in [5.41, 5.74) is 1.60. The zero-order valence-electron chi connectivity index (χ0n) is 12.3. The van der Waals surface area contributed by atoms with Crippen molar-refractivity contribution in [3.63, 3.8) is 0 Å². The molecule has 20 heavy (non-hydrogen) atoms. The average molecular weight is 272 g/mol. The van der Waals surface area contributed by atoms with Gasteiger partial charge in [0, 0.05) is 18.7 Å². The fraction of sp³-hybridized carbons (Fsp3) is 0.625. The second-order valence-corrected chi connectivity index (χ2v) is 5.89. The standard InChI is InChI=1S/C16H24N4/c1-12-18-15(11-16(19-12)20-14-7-8-14)17-10-9-13-5-3-2-4-6-13/h5,11,14H,2-4,6-10H2,1H3,(H2,17,18,19,20). The minimum Gasteiger partial charge on any atom is -0.370 e. The molecule has 0 aliphatic heterocycles. The first-order chi connectivity index (χ1) is 9.79. The van der Waals surface area contributed by atoms with E-state index in [2.05, 4.69) is 26.7 Å². The summed E-state index contributed by atoms with van der Waals surface area (Å²) in [6.45, 7) is 2.91. The molecule has 2 aliphatic rings. The minimum atomic E-state index is 0.629. The third kappa shape index (κ3) is 3.95. The summed E-state index contributed by atoms with van der Waals surface area (Å²) in [6, 6.07) is 2.66. The average Bonchev–Trinajstić information content (AvgIpc) is 3.23. The number of allylic oxidation sites excluding steroid dienone is 1. The maximum atomic E-state index is 4.46. The second-order valence-electron chi connectivity index (χ2n) is 5.89. The van der Waals surface area contributed by atoms with Crippen LogP contribution in [0, 0.1) is 6.92 Å². The molecule has 4 nitrogen and oxygen atoms in total. The number of nitrogens with one attached hydrogen (secondary N) is 2. The smallest absolute Gasteiger partial charge is 0.132 e. The monoisotopic (exact) mass is 272 g/mol. The van der Waals surface area contributed by atoms with Crippen molar-refractivity contribution >= 4 is 11.6 Å². The van der Waals surface area contributed by atoms with Gasteiger partial charge in [0.1, 0.15) is 17.5 Å². The maximum absolute atomic E-state index is 4.46. The highest BCUT2D eigenvalue weighted by Gasteiger charge is 2.21. The van der Waals surface area contributed by atoms with Gasteiger partial charge in [-0.1, -0.05) is 11.6 Å². The molecule has 0 amide bonds. The molecule has 0 aromatic carbocycles. The molecular formula is C16H24N4. The van der Waals surface area contributed by atoms with E-state index in [0.717, 1.165) is 30.4 Å². The van der Waals surface area contributed by atoms with Crippen LogP contribution in [0.1, 0.15) is 50.8 Å². The van der Waals surface area contributed by atoms with E-state index in [9.17, 15) is 0 Å². The van der Waals surface area contributed by atoms with Gasteiger partial charge in [0.25, 0.3) is 0 Å². The summed E-state index contributed by atoms with van der Waals surface area (Å²) in [5.74, 6) is 2.73. The predicted octanol–water partition coefficient (Wildman–Crippen LogP) is 3.66. The van der Waals surface area contributed by atoms with Crippen LogP contribution in [0.3, 0.4) is 0 Å². The van der Waals surface area contributed by atoms with Crippen LogP contribution >= 0.6 is 0 Å². The lowest BCUT2D eigenvalue weighted by Crippen LogP contribution is -2.09. The predicted molar refractivity (Wildman–Crippen MR) is 83.1 cm³/mol. The number of hydrogen-bond acceptors (Lipinski definition) is 4. The van der Waals surface area contributed by atoms with Crippen molar-refractivity contribution in [2.75, 3.05) is 17.2 Å². The molecule has 3 rings (SSSR count). The van der Waals surface area contributed by atoms with E-state index in [1.807, 2.05) is 13.0 Å². The van der Waals surface area contributed by atoms with Crippen LogP contribution in [0.25, 0.3) is 0 Å². The second kappa shape index (κ2) is 6.25. The van der Waals surface area contributed by atoms with Crippen molar-refractivity contribution in [1.29, 1.82) is 0 Å². The Morgan fingerprint density at radius 1 is 1.20 bits per heavy atom. The lowest BCUT2D eigenvalue weighted by Gasteiger charge is -2.14. The number of anilines is 2. The Bertz CT molecular complexity index is 491. The van der Waals surface area contributed by atoms with Gasteiger partial charge in [-0.2, -0.15) is 0 Å². The van der Waals surface area contributed by atoms with E-state index in [-0.39, 0.29) is 0 Å². The normalized spacial score (nSPS) is 18.6. The zero-order valence-corrected chi connectivity index (χ0v) is 12.3. The molecule has 0 saturated heterocycles. The molecule has 0 radical (unpaired) electrons. The van der Waals surface area contributed by atoms with E-state index < -0.39 is 0 Å². The highest BCUT2D eigenvalue weighted by molar-refractivity contribution is 5.48.